The Kier molecular flexibility index (Phi) is 7.29. The molecule has 1 rings (SSSR count). The molecule has 1 atom stereocenters. The minimum atomic E-state index is -0.712. The first-order chi connectivity index (χ1) is 9.43. The number of aliphatic hydroxyl groups excluding tert-OH is 1. The number of methoxy groups -OCH3 is 1. The van der Waals surface area contributed by atoms with Crippen molar-refractivity contribution in [3.8, 4) is 5.75 Å². The molecule has 0 fully saturated rings. The van der Waals surface area contributed by atoms with Crippen molar-refractivity contribution in [3.05, 3.63) is 27.7 Å². The Labute approximate surface area is 131 Å². The van der Waals surface area contributed by atoms with E-state index in [-0.39, 0.29) is 25.7 Å². The quantitative estimate of drug-likeness (QED) is 0.801. The fourth-order valence-corrected chi connectivity index (χ4v) is 2.30. The summed E-state index contributed by atoms with van der Waals surface area (Å²) in [4.78, 5) is 13.2. The topological polar surface area (TPSA) is 59.0 Å². The molecule has 5 nitrogen and oxygen atoms in total. The second kappa shape index (κ2) is 8.46. The molecule has 1 aromatic rings. The van der Waals surface area contributed by atoms with Crippen LogP contribution in [0.3, 0.4) is 0 Å². The van der Waals surface area contributed by atoms with Crippen LogP contribution in [0.4, 0.5) is 0 Å². The Hall–Kier alpha value is -0.820. The van der Waals surface area contributed by atoms with Crippen molar-refractivity contribution >= 4 is 33.4 Å². The van der Waals surface area contributed by atoms with E-state index in [1.54, 1.807) is 25.2 Å². The van der Waals surface area contributed by atoms with Crippen LogP contribution in [-0.4, -0.2) is 55.9 Å². The lowest BCUT2D eigenvalue weighted by atomic mass is 10.3. The minimum Gasteiger partial charge on any atom is -0.483 e. The van der Waals surface area contributed by atoms with Crippen molar-refractivity contribution in [2.45, 2.75) is 6.10 Å². The molecule has 1 N–H and O–H groups in total. The molecule has 0 saturated carbocycles. The molecule has 1 amide bonds. The first kappa shape index (κ1) is 17.2. The summed E-state index contributed by atoms with van der Waals surface area (Å²) in [6.07, 6.45) is -0.712. The predicted octanol–water partition coefficient (Wildman–Crippen LogP) is 1.95. The number of carbonyl (C=O) groups is 1. The standard InChI is InChI=1S/C13H17BrClNO4/c1-16(6-10(17)7-19-2)13(18)8-20-12-4-3-9(15)5-11(12)14/h3-5,10,17H,6-8H2,1-2H3. The van der Waals surface area contributed by atoms with Crippen molar-refractivity contribution in [3.63, 3.8) is 0 Å². The Balaban J connectivity index is 2.46. The van der Waals surface area contributed by atoms with Crippen LogP contribution in [0.25, 0.3) is 0 Å². The monoisotopic (exact) mass is 365 g/mol. The summed E-state index contributed by atoms with van der Waals surface area (Å²) in [5.41, 5.74) is 0. The lowest BCUT2D eigenvalue weighted by Crippen LogP contribution is -2.38. The van der Waals surface area contributed by atoms with Gasteiger partial charge in [0.1, 0.15) is 5.75 Å². The molecule has 20 heavy (non-hydrogen) atoms. The first-order valence-electron chi connectivity index (χ1n) is 5.93. The fourth-order valence-electron chi connectivity index (χ4n) is 1.50. The van der Waals surface area contributed by atoms with Gasteiger partial charge in [-0.3, -0.25) is 4.79 Å². The van der Waals surface area contributed by atoms with Crippen molar-refractivity contribution in [2.75, 3.05) is 33.9 Å². The number of ether oxygens (including phenoxy) is 2. The summed E-state index contributed by atoms with van der Waals surface area (Å²) in [6, 6.07) is 5.05. The van der Waals surface area contributed by atoms with Crippen LogP contribution in [0.2, 0.25) is 5.02 Å². The minimum absolute atomic E-state index is 0.115. The number of amides is 1. The summed E-state index contributed by atoms with van der Waals surface area (Å²) >= 11 is 9.12. The zero-order chi connectivity index (χ0) is 15.1. The van der Waals surface area contributed by atoms with Gasteiger partial charge in [-0.2, -0.15) is 0 Å². The van der Waals surface area contributed by atoms with E-state index in [1.807, 2.05) is 0 Å². The Bertz CT molecular complexity index is 458. The lowest BCUT2D eigenvalue weighted by Gasteiger charge is -2.20. The Morgan fingerprint density at radius 1 is 1.55 bits per heavy atom. The van der Waals surface area contributed by atoms with Gasteiger partial charge in [0.2, 0.25) is 0 Å². The second-order valence-corrected chi connectivity index (χ2v) is 5.54. The number of hydrogen-bond acceptors (Lipinski definition) is 4. The predicted molar refractivity (Wildman–Crippen MR) is 80.2 cm³/mol. The molecule has 0 radical (unpaired) electrons. The third kappa shape index (κ3) is 5.66. The van der Waals surface area contributed by atoms with Gasteiger partial charge in [0.15, 0.2) is 6.61 Å². The van der Waals surface area contributed by atoms with Crippen LogP contribution in [0.5, 0.6) is 5.75 Å². The van der Waals surface area contributed by atoms with Gasteiger partial charge in [-0.25, -0.2) is 0 Å². The number of benzene rings is 1. The van der Waals surface area contributed by atoms with Crippen LogP contribution in [0, 0.1) is 0 Å². The first-order valence-corrected chi connectivity index (χ1v) is 7.10. The molecule has 1 aromatic carbocycles. The smallest absolute Gasteiger partial charge is 0.260 e. The summed E-state index contributed by atoms with van der Waals surface area (Å²) in [7, 11) is 3.09. The molecule has 0 aliphatic rings. The highest BCUT2D eigenvalue weighted by molar-refractivity contribution is 9.10. The summed E-state index contributed by atoms with van der Waals surface area (Å²) in [6.45, 7) is 0.259. The van der Waals surface area contributed by atoms with Gasteiger partial charge in [0.25, 0.3) is 5.91 Å². The maximum Gasteiger partial charge on any atom is 0.260 e. The van der Waals surface area contributed by atoms with E-state index in [1.165, 1.54) is 12.0 Å². The highest BCUT2D eigenvalue weighted by Crippen LogP contribution is 2.27. The van der Waals surface area contributed by atoms with Gasteiger partial charge >= 0.3 is 0 Å². The van der Waals surface area contributed by atoms with Gasteiger partial charge in [-0.1, -0.05) is 11.6 Å². The second-order valence-electron chi connectivity index (χ2n) is 4.25. The normalized spacial score (nSPS) is 12.1. The highest BCUT2D eigenvalue weighted by atomic mass is 79.9. The number of hydrogen-bond donors (Lipinski definition) is 1. The molecular formula is C13H17BrClNO4. The third-order valence-corrected chi connectivity index (χ3v) is 3.37. The van der Waals surface area contributed by atoms with E-state index in [4.69, 9.17) is 21.1 Å². The average Bonchev–Trinajstić information content (AvgIpc) is 2.37. The third-order valence-electron chi connectivity index (χ3n) is 2.51. The zero-order valence-corrected chi connectivity index (χ0v) is 13.6. The summed E-state index contributed by atoms with van der Waals surface area (Å²) < 4.78 is 10.9. The Morgan fingerprint density at radius 3 is 2.85 bits per heavy atom. The zero-order valence-electron chi connectivity index (χ0n) is 11.3. The maximum atomic E-state index is 11.8. The molecule has 112 valence electrons. The largest absolute Gasteiger partial charge is 0.483 e. The number of likely N-dealkylation sites (N-methyl/N-ethyl adjacent to an activating group) is 1. The summed E-state index contributed by atoms with van der Waals surface area (Å²) in [5, 5.41) is 10.1. The van der Waals surface area contributed by atoms with E-state index in [9.17, 15) is 9.90 Å². The number of rotatable bonds is 7. The van der Waals surface area contributed by atoms with Crippen molar-refractivity contribution < 1.29 is 19.4 Å². The molecule has 0 bridgehead atoms. The van der Waals surface area contributed by atoms with Crippen LogP contribution in [0.15, 0.2) is 22.7 Å². The number of nitrogens with zero attached hydrogens (tertiary/aromatic N) is 1. The fraction of sp³-hybridized carbons (Fsp3) is 0.462. The van der Waals surface area contributed by atoms with E-state index in [0.717, 1.165) is 0 Å². The average molecular weight is 367 g/mol. The molecule has 0 spiro atoms. The van der Waals surface area contributed by atoms with E-state index in [0.29, 0.717) is 15.2 Å². The van der Waals surface area contributed by atoms with Crippen LogP contribution < -0.4 is 4.74 Å². The molecular weight excluding hydrogens is 350 g/mol. The summed E-state index contributed by atoms with van der Waals surface area (Å²) in [5.74, 6) is 0.301. The molecule has 0 heterocycles. The number of aliphatic hydroxyl groups is 1. The molecule has 1 unspecified atom stereocenters. The lowest BCUT2D eigenvalue weighted by molar-refractivity contribution is -0.133. The van der Waals surface area contributed by atoms with Gasteiger partial charge in [-0.15, -0.1) is 0 Å². The highest BCUT2D eigenvalue weighted by Gasteiger charge is 2.14. The van der Waals surface area contributed by atoms with Gasteiger partial charge < -0.3 is 19.5 Å². The molecule has 7 heteroatoms. The van der Waals surface area contributed by atoms with E-state index in [2.05, 4.69) is 15.9 Å². The Morgan fingerprint density at radius 2 is 2.25 bits per heavy atom. The molecule has 0 aromatic heterocycles. The van der Waals surface area contributed by atoms with Crippen molar-refractivity contribution in [2.24, 2.45) is 0 Å². The maximum absolute atomic E-state index is 11.8. The molecule has 0 saturated heterocycles. The van der Waals surface area contributed by atoms with Crippen LogP contribution in [-0.2, 0) is 9.53 Å². The number of carbonyl (C=O) groups excluding carboxylic acids is 1. The van der Waals surface area contributed by atoms with Crippen LogP contribution in [0.1, 0.15) is 0 Å². The van der Waals surface area contributed by atoms with Crippen molar-refractivity contribution in [1.82, 2.24) is 4.90 Å². The van der Waals surface area contributed by atoms with Crippen molar-refractivity contribution in [1.29, 1.82) is 0 Å². The van der Waals surface area contributed by atoms with Gasteiger partial charge in [0.05, 0.1) is 17.2 Å². The molecule has 0 aliphatic heterocycles. The SMILES string of the molecule is COCC(O)CN(C)C(=O)COc1ccc(Cl)cc1Br. The van der Waals surface area contributed by atoms with Gasteiger partial charge in [-0.05, 0) is 34.1 Å². The number of halogens is 2. The van der Waals surface area contributed by atoms with Crippen LogP contribution >= 0.6 is 27.5 Å². The van der Waals surface area contributed by atoms with E-state index < -0.39 is 6.10 Å². The van der Waals surface area contributed by atoms with E-state index >= 15 is 0 Å². The molecule has 0 aliphatic carbocycles. The van der Waals surface area contributed by atoms with Gasteiger partial charge in [0, 0.05) is 25.7 Å².